The van der Waals surface area contributed by atoms with E-state index in [1.54, 1.807) is 0 Å². The van der Waals surface area contributed by atoms with E-state index in [0.29, 0.717) is 0 Å². The van der Waals surface area contributed by atoms with Gasteiger partial charge in [-0.1, -0.05) is 42.0 Å². The number of rotatable bonds is 3. The Morgan fingerprint density at radius 1 is 1.42 bits per heavy atom. The summed E-state index contributed by atoms with van der Waals surface area (Å²) in [7, 11) is 0. The number of benzene rings is 1. The summed E-state index contributed by atoms with van der Waals surface area (Å²) in [5, 5.41) is 8.55. The maximum absolute atomic E-state index is 8.55. The molecule has 1 heteroatoms. The molecule has 1 aromatic carbocycles. The Bertz CT molecular complexity index is 263. The van der Waals surface area contributed by atoms with Crippen LogP contribution in [0.2, 0.25) is 0 Å². The summed E-state index contributed by atoms with van der Waals surface area (Å²) >= 11 is 0. The fraction of sp³-hybridized carbons (Fsp3) is 0.273. The summed E-state index contributed by atoms with van der Waals surface area (Å²) < 4.78 is 0. The van der Waals surface area contributed by atoms with Gasteiger partial charge in [0.05, 0.1) is 0 Å². The molecule has 1 aromatic rings. The molecule has 0 heterocycles. The van der Waals surface area contributed by atoms with Crippen LogP contribution in [-0.2, 0) is 0 Å². The van der Waals surface area contributed by atoms with E-state index < -0.39 is 0 Å². The number of hydrogen-bond donors (Lipinski definition) is 1. The molecule has 0 saturated carbocycles. The minimum absolute atomic E-state index is 0.225. The highest BCUT2D eigenvalue weighted by Gasteiger charge is 1.85. The minimum atomic E-state index is 0.225. The minimum Gasteiger partial charge on any atom is -0.396 e. The van der Waals surface area contributed by atoms with E-state index in [4.69, 9.17) is 5.11 Å². The van der Waals surface area contributed by atoms with Gasteiger partial charge in [-0.25, -0.2) is 0 Å². The SMILES string of the molecule is Cc1cccc(/C=C\CCO)c1. The zero-order valence-electron chi connectivity index (χ0n) is 7.33. The molecule has 0 aliphatic rings. The first-order chi connectivity index (χ1) is 5.83. The maximum atomic E-state index is 8.55. The van der Waals surface area contributed by atoms with E-state index in [-0.39, 0.29) is 6.61 Å². The van der Waals surface area contributed by atoms with Crippen molar-refractivity contribution in [1.82, 2.24) is 0 Å². The number of aliphatic hydroxyl groups is 1. The van der Waals surface area contributed by atoms with Gasteiger partial charge >= 0.3 is 0 Å². The lowest BCUT2D eigenvalue weighted by Gasteiger charge is -1.94. The first kappa shape index (κ1) is 9.01. The van der Waals surface area contributed by atoms with Crippen LogP contribution in [0.1, 0.15) is 17.5 Å². The van der Waals surface area contributed by atoms with Crippen molar-refractivity contribution in [1.29, 1.82) is 0 Å². The Morgan fingerprint density at radius 3 is 2.92 bits per heavy atom. The second-order valence-corrected chi connectivity index (χ2v) is 2.83. The van der Waals surface area contributed by atoms with Gasteiger partial charge in [-0.05, 0) is 18.9 Å². The lowest BCUT2D eigenvalue weighted by atomic mass is 10.1. The fourth-order valence-corrected chi connectivity index (χ4v) is 1.07. The van der Waals surface area contributed by atoms with Crippen LogP contribution in [0, 0.1) is 6.92 Å². The molecule has 1 nitrogen and oxygen atoms in total. The van der Waals surface area contributed by atoms with Gasteiger partial charge in [0.25, 0.3) is 0 Å². The average molecular weight is 162 g/mol. The number of aryl methyl sites for hydroxylation is 1. The van der Waals surface area contributed by atoms with Crippen LogP contribution in [0.5, 0.6) is 0 Å². The van der Waals surface area contributed by atoms with Gasteiger partial charge in [0.2, 0.25) is 0 Å². The quantitative estimate of drug-likeness (QED) is 0.723. The summed E-state index contributed by atoms with van der Waals surface area (Å²) in [4.78, 5) is 0. The fourth-order valence-electron chi connectivity index (χ4n) is 1.07. The highest BCUT2D eigenvalue weighted by Crippen LogP contribution is 2.05. The molecule has 0 fully saturated rings. The topological polar surface area (TPSA) is 20.2 Å². The molecule has 0 radical (unpaired) electrons. The maximum Gasteiger partial charge on any atom is 0.0465 e. The van der Waals surface area contributed by atoms with Crippen molar-refractivity contribution in [3.8, 4) is 0 Å². The van der Waals surface area contributed by atoms with Gasteiger partial charge in [-0.3, -0.25) is 0 Å². The third-order valence-electron chi connectivity index (χ3n) is 1.65. The van der Waals surface area contributed by atoms with Crippen LogP contribution in [0.15, 0.2) is 30.3 Å². The van der Waals surface area contributed by atoms with Gasteiger partial charge < -0.3 is 5.11 Å². The summed E-state index contributed by atoms with van der Waals surface area (Å²) in [6, 6.07) is 8.28. The van der Waals surface area contributed by atoms with Crippen LogP contribution in [0.4, 0.5) is 0 Å². The summed E-state index contributed by atoms with van der Waals surface area (Å²) in [6.45, 7) is 2.30. The predicted molar refractivity (Wildman–Crippen MR) is 51.9 cm³/mol. The monoisotopic (exact) mass is 162 g/mol. The average Bonchev–Trinajstić information content (AvgIpc) is 2.05. The van der Waals surface area contributed by atoms with Crippen LogP contribution in [-0.4, -0.2) is 11.7 Å². The molecular weight excluding hydrogens is 148 g/mol. The summed E-state index contributed by atoms with van der Waals surface area (Å²) in [5.74, 6) is 0. The lowest BCUT2D eigenvalue weighted by Crippen LogP contribution is -1.77. The third kappa shape index (κ3) is 2.89. The van der Waals surface area contributed by atoms with Gasteiger partial charge in [0, 0.05) is 6.61 Å². The zero-order chi connectivity index (χ0) is 8.81. The van der Waals surface area contributed by atoms with E-state index in [9.17, 15) is 0 Å². The molecule has 0 saturated heterocycles. The Balaban J connectivity index is 2.63. The highest BCUT2D eigenvalue weighted by atomic mass is 16.2. The number of hydrogen-bond acceptors (Lipinski definition) is 1. The zero-order valence-corrected chi connectivity index (χ0v) is 7.33. The van der Waals surface area contributed by atoms with Gasteiger partial charge in [0.1, 0.15) is 0 Å². The largest absolute Gasteiger partial charge is 0.396 e. The lowest BCUT2D eigenvalue weighted by molar-refractivity contribution is 0.303. The summed E-state index contributed by atoms with van der Waals surface area (Å²) in [5.41, 5.74) is 2.46. The van der Waals surface area contributed by atoms with E-state index in [1.807, 2.05) is 18.2 Å². The van der Waals surface area contributed by atoms with E-state index in [2.05, 4.69) is 25.1 Å². The standard InChI is InChI=1S/C11H14O/c1-10-5-4-7-11(9-10)6-2-3-8-12/h2,4-7,9,12H,3,8H2,1H3/b6-2-. The molecule has 0 spiro atoms. The Morgan fingerprint density at radius 2 is 2.25 bits per heavy atom. The van der Waals surface area contributed by atoms with Crippen molar-refractivity contribution in [2.24, 2.45) is 0 Å². The molecule has 0 aliphatic heterocycles. The smallest absolute Gasteiger partial charge is 0.0465 e. The highest BCUT2D eigenvalue weighted by molar-refractivity contribution is 5.49. The molecule has 1 rings (SSSR count). The molecule has 0 unspecified atom stereocenters. The van der Waals surface area contributed by atoms with Gasteiger partial charge in [0.15, 0.2) is 0 Å². The van der Waals surface area contributed by atoms with Crippen LogP contribution in [0.3, 0.4) is 0 Å². The second kappa shape index (κ2) is 4.73. The van der Waals surface area contributed by atoms with E-state index >= 15 is 0 Å². The molecule has 0 atom stereocenters. The summed E-state index contributed by atoms with van der Waals surface area (Å²) in [6.07, 6.45) is 4.74. The molecular formula is C11H14O. The van der Waals surface area contributed by atoms with Crippen LogP contribution < -0.4 is 0 Å². The number of aliphatic hydroxyl groups excluding tert-OH is 1. The first-order valence-corrected chi connectivity index (χ1v) is 4.17. The van der Waals surface area contributed by atoms with E-state index in [0.717, 1.165) is 6.42 Å². The molecule has 1 N–H and O–H groups in total. The Kier molecular flexibility index (Phi) is 3.55. The van der Waals surface area contributed by atoms with Crippen LogP contribution in [0.25, 0.3) is 6.08 Å². The van der Waals surface area contributed by atoms with Gasteiger partial charge in [-0.2, -0.15) is 0 Å². The first-order valence-electron chi connectivity index (χ1n) is 4.17. The van der Waals surface area contributed by atoms with Crippen molar-refractivity contribution >= 4 is 6.08 Å². The molecule has 12 heavy (non-hydrogen) atoms. The van der Waals surface area contributed by atoms with Crippen molar-refractivity contribution in [2.45, 2.75) is 13.3 Å². The molecule has 0 amide bonds. The molecule has 64 valence electrons. The van der Waals surface area contributed by atoms with Crippen molar-refractivity contribution in [3.05, 3.63) is 41.5 Å². The Hall–Kier alpha value is -1.08. The van der Waals surface area contributed by atoms with Crippen molar-refractivity contribution in [3.63, 3.8) is 0 Å². The van der Waals surface area contributed by atoms with Gasteiger partial charge in [-0.15, -0.1) is 0 Å². The van der Waals surface area contributed by atoms with Crippen molar-refractivity contribution in [2.75, 3.05) is 6.61 Å². The molecule has 0 bridgehead atoms. The molecule has 0 aromatic heterocycles. The van der Waals surface area contributed by atoms with E-state index in [1.165, 1.54) is 11.1 Å². The van der Waals surface area contributed by atoms with Crippen LogP contribution >= 0.6 is 0 Å². The predicted octanol–water partition coefficient (Wildman–Crippen LogP) is 2.39. The molecule has 0 aliphatic carbocycles. The third-order valence-corrected chi connectivity index (χ3v) is 1.65. The van der Waals surface area contributed by atoms with Crippen molar-refractivity contribution < 1.29 is 5.11 Å². The second-order valence-electron chi connectivity index (χ2n) is 2.83. The normalized spacial score (nSPS) is 10.8. The Labute approximate surface area is 73.4 Å².